The Kier molecular flexibility index (Phi) is 11.1. The summed E-state index contributed by atoms with van der Waals surface area (Å²) in [5.41, 5.74) is 27.1. The van der Waals surface area contributed by atoms with Crippen molar-refractivity contribution < 1.29 is 0 Å². The first-order valence-electron chi connectivity index (χ1n) is 26.5. The fourth-order valence-electron chi connectivity index (χ4n) is 11.9. The fourth-order valence-corrected chi connectivity index (χ4v) is 11.9. The molecule has 1 aliphatic carbocycles. The molecule has 8 aromatic rings. The molecule has 362 valence electrons. The highest BCUT2D eigenvalue weighted by Crippen LogP contribution is 2.51. The molecule has 8 aromatic carbocycles. The minimum absolute atomic E-state index is 0.0190. The SMILES string of the molecule is CC1(C)Cc2cc3c(cc2C1)N(c1ccc(C(C)(C)C)cc1-c1cc(-c2ccccc2)cc(-c2ccccc2)c1)c1cc(C(C)(C)C)cc2c1B3c1ccc(C(C)(C)C)cc1N2c1cccc(C(C)(C)C)c1. The van der Waals surface area contributed by atoms with Crippen molar-refractivity contribution in [3.05, 3.63) is 197 Å². The quantitative estimate of drug-likeness (QED) is 0.159. The Morgan fingerprint density at radius 3 is 1.43 bits per heavy atom. The molecule has 0 saturated carbocycles. The van der Waals surface area contributed by atoms with Crippen LogP contribution in [0, 0.1) is 5.41 Å². The van der Waals surface area contributed by atoms with Crippen LogP contribution in [-0.4, -0.2) is 6.71 Å². The second-order valence-electron chi connectivity index (χ2n) is 26.3. The van der Waals surface area contributed by atoms with Gasteiger partial charge in [0.25, 0.3) is 6.71 Å². The number of rotatable bonds is 5. The smallest absolute Gasteiger partial charge is 0.252 e. The predicted octanol–water partition coefficient (Wildman–Crippen LogP) is 17.1. The molecule has 11 rings (SSSR count). The van der Waals surface area contributed by atoms with Crippen LogP contribution in [0.15, 0.2) is 164 Å². The van der Waals surface area contributed by atoms with Gasteiger partial charge in [0.2, 0.25) is 0 Å². The second-order valence-corrected chi connectivity index (χ2v) is 26.3. The van der Waals surface area contributed by atoms with E-state index < -0.39 is 0 Å². The van der Waals surface area contributed by atoms with E-state index in [1.54, 1.807) is 0 Å². The van der Waals surface area contributed by atoms with Gasteiger partial charge in [-0.05, 0) is 184 Å². The highest BCUT2D eigenvalue weighted by Gasteiger charge is 2.46. The Balaban J connectivity index is 1.27. The number of fused-ring (bicyclic) bond motifs is 5. The van der Waals surface area contributed by atoms with Gasteiger partial charge in [-0.1, -0.05) is 194 Å². The van der Waals surface area contributed by atoms with E-state index in [9.17, 15) is 0 Å². The maximum atomic E-state index is 2.71. The molecule has 0 aromatic heterocycles. The summed E-state index contributed by atoms with van der Waals surface area (Å²) in [6, 6.07) is 63.7. The van der Waals surface area contributed by atoms with E-state index in [1.807, 2.05) is 0 Å². The van der Waals surface area contributed by atoms with Crippen molar-refractivity contribution >= 4 is 57.2 Å². The van der Waals surface area contributed by atoms with Crippen LogP contribution < -0.4 is 26.2 Å². The Morgan fingerprint density at radius 1 is 0.361 bits per heavy atom. The lowest BCUT2D eigenvalue weighted by atomic mass is 9.33. The molecule has 2 aliphatic heterocycles. The average molecular weight is 941 g/mol. The molecule has 0 atom stereocenters. The van der Waals surface area contributed by atoms with Gasteiger partial charge in [0.15, 0.2) is 0 Å². The molecule has 0 N–H and O–H groups in total. The lowest BCUT2D eigenvalue weighted by Crippen LogP contribution is -2.61. The summed E-state index contributed by atoms with van der Waals surface area (Å²) in [5, 5.41) is 0. The molecule has 2 nitrogen and oxygen atoms in total. The molecule has 0 radical (unpaired) electrons. The van der Waals surface area contributed by atoms with Gasteiger partial charge in [0, 0.05) is 34.0 Å². The molecule has 0 amide bonds. The monoisotopic (exact) mass is 941 g/mol. The van der Waals surface area contributed by atoms with Crippen LogP contribution in [0.3, 0.4) is 0 Å². The van der Waals surface area contributed by atoms with Crippen molar-refractivity contribution in [1.29, 1.82) is 0 Å². The van der Waals surface area contributed by atoms with Crippen molar-refractivity contribution in [3.8, 4) is 33.4 Å². The summed E-state index contributed by atoms with van der Waals surface area (Å²) in [6.07, 6.45) is 2.14. The van der Waals surface area contributed by atoms with Crippen molar-refractivity contribution in [2.75, 3.05) is 9.80 Å². The number of benzene rings is 8. The van der Waals surface area contributed by atoms with E-state index in [4.69, 9.17) is 0 Å². The molecule has 0 saturated heterocycles. The van der Waals surface area contributed by atoms with Gasteiger partial charge in [-0.15, -0.1) is 0 Å². The Bertz CT molecular complexity index is 3360. The maximum Gasteiger partial charge on any atom is 0.252 e. The molecular weight excluding hydrogens is 868 g/mol. The van der Waals surface area contributed by atoms with Gasteiger partial charge in [-0.25, -0.2) is 0 Å². The zero-order chi connectivity index (χ0) is 50.9. The minimum Gasteiger partial charge on any atom is -0.311 e. The molecule has 2 heterocycles. The highest BCUT2D eigenvalue weighted by atomic mass is 15.2. The van der Waals surface area contributed by atoms with Crippen LogP contribution in [0.1, 0.15) is 130 Å². The van der Waals surface area contributed by atoms with Crippen LogP contribution in [0.5, 0.6) is 0 Å². The highest BCUT2D eigenvalue weighted by molar-refractivity contribution is 7.00. The van der Waals surface area contributed by atoms with Crippen molar-refractivity contribution in [2.45, 2.75) is 131 Å². The molecule has 0 fully saturated rings. The first kappa shape index (κ1) is 47.7. The first-order valence-corrected chi connectivity index (χ1v) is 26.5. The van der Waals surface area contributed by atoms with Gasteiger partial charge >= 0.3 is 0 Å². The fraction of sp³-hybridized carbons (Fsp3) is 0.304. The topological polar surface area (TPSA) is 6.48 Å². The lowest BCUT2D eigenvalue weighted by Gasteiger charge is -2.46. The third-order valence-electron chi connectivity index (χ3n) is 16.0. The van der Waals surface area contributed by atoms with Gasteiger partial charge in [-0.3, -0.25) is 0 Å². The normalized spacial score (nSPS) is 15.0. The van der Waals surface area contributed by atoms with Gasteiger partial charge < -0.3 is 9.80 Å². The molecule has 3 heteroatoms. The van der Waals surface area contributed by atoms with E-state index in [0.29, 0.717) is 0 Å². The van der Waals surface area contributed by atoms with E-state index in [0.717, 1.165) is 12.8 Å². The summed E-state index contributed by atoms with van der Waals surface area (Å²) in [4.78, 5) is 5.35. The summed E-state index contributed by atoms with van der Waals surface area (Å²) in [5.74, 6) is 0. The molecule has 3 aliphatic rings. The van der Waals surface area contributed by atoms with E-state index in [-0.39, 0.29) is 33.8 Å². The van der Waals surface area contributed by atoms with Crippen LogP contribution in [0.4, 0.5) is 34.1 Å². The molecule has 0 spiro atoms. The van der Waals surface area contributed by atoms with Crippen LogP contribution in [0.2, 0.25) is 0 Å². The molecular formula is C69H73BN2. The Hall–Kier alpha value is -6.58. The Labute approximate surface area is 432 Å². The maximum absolute atomic E-state index is 2.71. The first-order chi connectivity index (χ1) is 33.9. The standard InChI is InChI=1S/C69H73BN2/c1-65(2,3)51-26-21-27-55(37-51)71-61-39-53(67(7,8)9)28-30-57(61)70-58-35-49-42-69(13,14)43-50(49)36-60(58)72(63-41-54(68(10,11)12)40-62(71)64(63)70)59-31-29-52(66(4,5)6)38-56(59)48-33-46(44-22-17-15-18-23-44)32-47(34-48)45-24-19-16-20-25-45/h15-41H,42-43H2,1-14H3. The third-order valence-corrected chi connectivity index (χ3v) is 16.0. The zero-order valence-electron chi connectivity index (χ0n) is 45.5. The lowest BCUT2D eigenvalue weighted by molar-refractivity contribution is 0.392. The molecule has 0 bridgehead atoms. The van der Waals surface area contributed by atoms with E-state index >= 15 is 0 Å². The number of nitrogens with zero attached hydrogens (tertiary/aromatic N) is 2. The molecule has 72 heavy (non-hydrogen) atoms. The van der Waals surface area contributed by atoms with Crippen molar-refractivity contribution in [1.82, 2.24) is 0 Å². The van der Waals surface area contributed by atoms with Crippen molar-refractivity contribution in [2.24, 2.45) is 5.41 Å². The van der Waals surface area contributed by atoms with Gasteiger partial charge in [0.1, 0.15) is 0 Å². The predicted molar refractivity (Wildman–Crippen MR) is 313 cm³/mol. The van der Waals surface area contributed by atoms with Crippen molar-refractivity contribution in [3.63, 3.8) is 0 Å². The van der Waals surface area contributed by atoms with Gasteiger partial charge in [0.05, 0.1) is 5.69 Å². The van der Waals surface area contributed by atoms with Crippen LogP contribution in [-0.2, 0) is 34.5 Å². The zero-order valence-corrected chi connectivity index (χ0v) is 45.5. The summed E-state index contributed by atoms with van der Waals surface area (Å²) >= 11 is 0. The summed E-state index contributed by atoms with van der Waals surface area (Å²) in [6.45, 7) is 33.2. The summed E-state index contributed by atoms with van der Waals surface area (Å²) < 4.78 is 0. The number of hydrogen-bond acceptors (Lipinski definition) is 2. The van der Waals surface area contributed by atoms with Crippen LogP contribution >= 0.6 is 0 Å². The Morgan fingerprint density at radius 2 is 0.847 bits per heavy atom. The van der Waals surface area contributed by atoms with Gasteiger partial charge in [-0.2, -0.15) is 0 Å². The average Bonchev–Trinajstić information content (AvgIpc) is 3.64. The van der Waals surface area contributed by atoms with Crippen LogP contribution in [0.25, 0.3) is 33.4 Å². The summed E-state index contributed by atoms with van der Waals surface area (Å²) in [7, 11) is 0. The minimum atomic E-state index is -0.144. The van der Waals surface area contributed by atoms with E-state index in [2.05, 4.69) is 271 Å². The van der Waals surface area contributed by atoms with E-state index in [1.165, 1.54) is 117 Å². The largest absolute Gasteiger partial charge is 0.311 e. The number of hydrogen-bond donors (Lipinski definition) is 0. The third kappa shape index (κ3) is 8.41. The molecule has 0 unspecified atom stereocenters. The second kappa shape index (κ2) is 16.7. The number of anilines is 6.